The van der Waals surface area contributed by atoms with Crippen molar-refractivity contribution in [1.29, 1.82) is 0 Å². The minimum Gasteiger partial charge on any atom is -0.478 e. The first-order valence-corrected chi connectivity index (χ1v) is 5.52. The van der Waals surface area contributed by atoms with E-state index in [-0.39, 0.29) is 16.4 Å². The summed E-state index contributed by atoms with van der Waals surface area (Å²) in [6.45, 7) is 1.49. The van der Waals surface area contributed by atoms with E-state index in [1.807, 2.05) is 0 Å². The molecular formula is C10H9ClO3S. The van der Waals surface area contributed by atoms with Crippen molar-refractivity contribution in [3.63, 3.8) is 0 Å². The number of halogens is 1. The number of carbonyl (C=O) groups excluding carboxylic acids is 1. The Morgan fingerprint density at radius 3 is 2.67 bits per heavy atom. The molecule has 0 fully saturated rings. The lowest BCUT2D eigenvalue weighted by Crippen LogP contribution is -1.98. The van der Waals surface area contributed by atoms with Crippen LogP contribution in [0.3, 0.4) is 0 Å². The quantitative estimate of drug-likeness (QED) is 0.828. The summed E-state index contributed by atoms with van der Waals surface area (Å²) >= 11 is 6.99. The van der Waals surface area contributed by atoms with Crippen LogP contribution in [0.15, 0.2) is 23.1 Å². The molecule has 0 radical (unpaired) electrons. The smallest absolute Gasteiger partial charge is 0.337 e. The van der Waals surface area contributed by atoms with Gasteiger partial charge in [-0.15, -0.1) is 11.8 Å². The number of carbonyl (C=O) groups is 2. The third-order valence-electron chi connectivity index (χ3n) is 1.61. The number of ketones is 1. The summed E-state index contributed by atoms with van der Waals surface area (Å²) in [6.07, 6.45) is 0. The largest absolute Gasteiger partial charge is 0.478 e. The summed E-state index contributed by atoms with van der Waals surface area (Å²) in [4.78, 5) is 22.2. The molecule has 0 aliphatic heterocycles. The van der Waals surface area contributed by atoms with Crippen LogP contribution < -0.4 is 0 Å². The Morgan fingerprint density at radius 1 is 1.47 bits per heavy atom. The number of benzene rings is 1. The highest BCUT2D eigenvalue weighted by atomic mass is 35.5. The molecule has 1 N–H and O–H groups in total. The molecule has 0 saturated heterocycles. The lowest BCUT2D eigenvalue weighted by molar-refractivity contribution is -0.114. The number of carboxylic acids is 1. The molecular weight excluding hydrogens is 236 g/mol. The first kappa shape index (κ1) is 12.1. The molecule has 3 nitrogen and oxygen atoms in total. The molecule has 0 amide bonds. The highest BCUT2D eigenvalue weighted by Crippen LogP contribution is 2.24. The summed E-state index contributed by atoms with van der Waals surface area (Å²) in [6, 6.07) is 4.69. The van der Waals surface area contributed by atoms with Gasteiger partial charge in [-0.3, -0.25) is 4.79 Å². The van der Waals surface area contributed by atoms with Gasteiger partial charge in [-0.2, -0.15) is 0 Å². The Morgan fingerprint density at radius 2 is 2.13 bits per heavy atom. The highest BCUT2D eigenvalue weighted by Gasteiger charge is 2.09. The van der Waals surface area contributed by atoms with E-state index >= 15 is 0 Å². The van der Waals surface area contributed by atoms with Crippen molar-refractivity contribution in [2.45, 2.75) is 11.8 Å². The Hall–Kier alpha value is -1.00. The molecule has 5 heteroatoms. The fourth-order valence-electron chi connectivity index (χ4n) is 0.943. The Kier molecular flexibility index (Phi) is 4.17. The highest BCUT2D eigenvalue weighted by molar-refractivity contribution is 8.00. The normalized spacial score (nSPS) is 10.0. The van der Waals surface area contributed by atoms with Gasteiger partial charge in [0.15, 0.2) is 0 Å². The van der Waals surface area contributed by atoms with Crippen LogP contribution in [0.25, 0.3) is 0 Å². The number of hydrogen-bond acceptors (Lipinski definition) is 3. The molecule has 80 valence electrons. The SMILES string of the molecule is CC(=O)CSc1ccc(Cl)c(C(=O)O)c1. The van der Waals surface area contributed by atoms with Gasteiger partial charge >= 0.3 is 5.97 Å². The summed E-state index contributed by atoms with van der Waals surface area (Å²) in [7, 11) is 0. The first-order chi connectivity index (χ1) is 7.00. The zero-order valence-corrected chi connectivity index (χ0v) is 9.56. The van der Waals surface area contributed by atoms with Crippen LogP contribution in [0.5, 0.6) is 0 Å². The van der Waals surface area contributed by atoms with Crippen LogP contribution in [0.2, 0.25) is 5.02 Å². The van der Waals surface area contributed by atoms with E-state index < -0.39 is 5.97 Å². The second-order valence-corrected chi connectivity index (χ2v) is 4.39. The number of rotatable bonds is 4. The minimum atomic E-state index is -1.06. The minimum absolute atomic E-state index is 0.0480. The van der Waals surface area contributed by atoms with E-state index in [4.69, 9.17) is 16.7 Å². The van der Waals surface area contributed by atoms with Gasteiger partial charge in [-0.25, -0.2) is 4.79 Å². The van der Waals surface area contributed by atoms with Gasteiger partial charge in [-0.05, 0) is 25.1 Å². The molecule has 0 aromatic heterocycles. The molecule has 0 unspecified atom stereocenters. The van der Waals surface area contributed by atoms with Crippen molar-refractivity contribution in [3.8, 4) is 0 Å². The number of Topliss-reactive ketones (excluding diaryl/α,β-unsaturated/α-hetero) is 1. The van der Waals surface area contributed by atoms with Crippen molar-refractivity contribution in [2.24, 2.45) is 0 Å². The maximum Gasteiger partial charge on any atom is 0.337 e. The van der Waals surface area contributed by atoms with E-state index in [1.54, 1.807) is 6.07 Å². The molecule has 1 aromatic rings. The third-order valence-corrected chi connectivity index (χ3v) is 3.08. The van der Waals surface area contributed by atoms with Crippen molar-refractivity contribution in [2.75, 3.05) is 5.75 Å². The lowest BCUT2D eigenvalue weighted by atomic mass is 10.2. The van der Waals surface area contributed by atoms with Crippen LogP contribution in [-0.2, 0) is 4.79 Å². The molecule has 0 saturated carbocycles. The van der Waals surface area contributed by atoms with Crippen molar-refractivity contribution in [3.05, 3.63) is 28.8 Å². The van der Waals surface area contributed by atoms with Gasteiger partial charge in [0.1, 0.15) is 5.78 Å². The second kappa shape index (κ2) is 5.19. The number of thioether (sulfide) groups is 1. The Bertz CT molecular complexity index is 404. The molecule has 0 atom stereocenters. The summed E-state index contributed by atoms with van der Waals surface area (Å²) in [5.74, 6) is -0.683. The fraction of sp³-hybridized carbons (Fsp3) is 0.200. The topological polar surface area (TPSA) is 54.4 Å². The molecule has 15 heavy (non-hydrogen) atoms. The molecule has 0 aliphatic rings. The van der Waals surface area contributed by atoms with Crippen LogP contribution >= 0.6 is 23.4 Å². The maximum atomic E-state index is 10.8. The van der Waals surface area contributed by atoms with Crippen molar-refractivity contribution < 1.29 is 14.7 Å². The fourth-order valence-corrected chi connectivity index (χ4v) is 1.88. The predicted molar refractivity (Wildman–Crippen MR) is 59.8 cm³/mol. The number of aromatic carboxylic acids is 1. The van der Waals surface area contributed by atoms with Gasteiger partial charge in [0.05, 0.1) is 16.3 Å². The van der Waals surface area contributed by atoms with E-state index in [0.29, 0.717) is 5.75 Å². The molecule has 0 aliphatic carbocycles. The zero-order chi connectivity index (χ0) is 11.4. The Labute approximate surface area is 96.4 Å². The van der Waals surface area contributed by atoms with E-state index in [0.717, 1.165) is 4.90 Å². The molecule has 0 bridgehead atoms. The van der Waals surface area contributed by atoms with Crippen molar-refractivity contribution in [1.82, 2.24) is 0 Å². The van der Waals surface area contributed by atoms with Gasteiger partial charge < -0.3 is 5.11 Å². The average molecular weight is 245 g/mol. The summed E-state index contributed by atoms with van der Waals surface area (Å²) < 4.78 is 0. The maximum absolute atomic E-state index is 10.8. The van der Waals surface area contributed by atoms with E-state index in [9.17, 15) is 9.59 Å². The predicted octanol–water partition coefficient (Wildman–Crippen LogP) is 2.72. The second-order valence-electron chi connectivity index (χ2n) is 2.94. The zero-order valence-electron chi connectivity index (χ0n) is 7.99. The number of hydrogen-bond donors (Lipinski definition) is 1. The van der Waals surface area contributed by atoms with Crippen molar-refractivity contribution >= 4 is 35.1 Å². The molecule has 0 heterocycles. The standard InChI is InChI=1S/C10H9ClO3S/c1-6(12)5-15-7-2-3-9(11)8(4-7)10(13)14/h2-4H,5H2,1H3,(H,13,14). The average Bonchev–Trinajstić information content (AvgIpc) is 2.16. The van der Waals surface area contributed by atoms with E-state index in [1.165, 1.54) is 30.8 Å². The van der Waals surface area contributed by atoms with Crippen LogP contribution in [-0.4, -0.2) is 22.6 Å². The molecule has 1 rings (SSSR count). The Balaban J connectivity index is 2.87. The molecule has 0 spiro atoms. The van der Waals surface area contributed by atoms with Gasteiger partial charge in [-0.1, -0.05) is 11.6 Å². The van der Waals surface area contributed by atoms with Crippen LogP contribution in [0.1, 0.15) is 17.3 Å². The number of carboxylic acid groups (broad SMARTS) is 1. The van der Waals surface area contributed by atoms with Crippen LogP contribution in [0, 0.1) is 0 Å². The summed E-state index contributed by atoms with van der Waals surface area (Å²) in [5, 5.41) is 9.01. The summed E-state index contributed by atoms with van der Waals surface area (Å²) in [5.41, 5.74) is 0.0604. The first-order valence-electron chi connectivity index (χ1n) is 4.16. The lowest BCUT2D eigenvalue weighted by Gasteiger charge is -2.02. The van der Waals surface area contributed by atoms with Crippen LogP contribution in [0.4, 0.5) is 0 Å². The van der Waals surface area contributed by atoms with Gasteiger partial charge in [0.25, 0.3) is 0 Å². The van der Waals surface area contributed by atoms with E-state index in [2.05, 4.69) is 0 Å². The molecule has 1 aromatic carbocycles. The van der Waals surface area contributed by atoms with Gasteiger partial charge in [0, 0.05) is 4.90 Å². The van der Waals surface area contributed by atoms with Gasteiger partial charge in [0.2, 0.25) is 0 Å². The monoisotopic (exact) mass is 244 g/mol. The third kappa shape index (κ3) is 3.57.